The number of aryl methyl sites for hydroxylation is 1. The van der Waals surface area contributed by atoms with Gasteiger partial charge < -0.3 is 39.1 Å². The minimum Gasteiger partial charge on any atom is -0.490 e. The van der Waals surface area contributed by atoms with Gasteiger partial charge in [-0.05, 0) is 93.7 Å². The van der Waals surface area contributed by atoms with Crippen LogP contribution in [-0.4, -0.2) is 81.4 Å². The summed E-state index contributed by atoms with van der Waals surface area (Å²) in [6, 6.07) is 9.59. The Balaban J connectivity index is 1.06. The number of amides is 1. The standard InChI is InChI=1S/C33H37N5O6/c1-3-23-27(6-7-28-30(23)44-18-43-28)42-17-22(39)5-4-19-8-11-34-32(40)29(19)31-35-25-14-20-16-38(21-9-12-37(2)13-10-21)33(41)24(20)15-26(25)36-31/h6-8,11,14-15,21-22,39H,3-5,9-10,12-13,16-18H2,1-2H3,(H,34,40)(H,35,36)/t22-/m1/s1. The molecule has 4 aromatic rings. The Kier molecular flexibility index (Phi) is 7.51. The normalized spacial score (nSPS) is 17.4. The van der Waals surface area contributed by atoms with Crippen molar-refractivity contribution in [3.8, 4) is 28.6 Å². The summed E-state index contributed by atoms with van der Waals surface area (Å²) in [5, 5.41) is 10.8. The van der Waals surface area contributed by atoms with Crippen molar-refractivity contribution in [3.05, 3.63) is 69.1 Å². The largest absolute Gasteiger partial charge is 0.490 e. The zero-order valence-electron chi connectivity index (χ0n) is 25.0. The summed E-state index contributed by atoms with van der Waals surface area (Å²) < 4.78 is 17.0. The number of rotatable bonds is 9. The first-order valence-corrected chi connectivity index (χ1v) is 15.3. The second-order valence-electron chi connectivity index (χ2n) is 11.9. The Morgan fingerprint density at radius 1 is 1.16 bits per heavy atom. The van der Waals surface area contributed by atoms with Gasteiger partial charge in [-0.15, -0.1) is 0 Å². The fourth-order valence-corrected chi connectivity index (χ4v) is 6.62. The topological polar surface area (TPSA) is 133 Å². The van der Waals surface area contributed by atoms with Gasteiger partial charge in [0, 0.05) is 29.9 Å². The number of carbonyl (C=O) groups excluding carboxylic acids is 1. The van der Waals surface area contributed by atoms with Gasteiger partial charge in [0.15, 0.2) is 11.5 Å². The van der Waals surface area contributed by atoms with Gasteiger partial charge in [0.05, 0.1) is 22.7 Å². The molecule has 11 nitrogen and oxygen atoms in total. The lowest BCUT2D eigenvalue weighted by atomic mass is 10.0. The molecule has 0 bridgehead atoms. The summed E-state index contributed by atoms with van der Waals surface area (Å²) in [5.74, 6) is 2.56. The monoisotopic (exact) mass is 599 g/mol. The Hall–Kier alpha value is -4.35. The lowest BCUT2D eigenvalue weighted by Gasteiger charge is -2.34. The average Bonchev–Trinajstić information content (AvgIpc) is 3.75. The molecule has 0 aliphatic carbocycles. The Morgan fingerprint density at radius 3 is 2.82 bits per heavy atom. The second-order valence-corrected chi connectivity index (χ2v) is 11.9. The summed E-state index contributed by atoms with van der Waals surface area (Å²) in [6.07, 6.45) is 4.36. The van der Waals surface area contributed by atoms with Crippen LogP contribution in [0.2, 0.25) is 0 Å². The van der Waals surface area contributed by atoms with Crippen LogP contribution >= 0.6 is 0 Å². The van der Waals surface area contributed by atoms with Crippen molar-refractivity contribution in [2.45, 2.75) is 57.7 Å². The minimum absolute atomic E-state index is 0.0577. The van der Waals surface area contributed by atoms with E-state index in [1.807, 2.05) is 42.2 Å². The van der Waals surface area contributed by atoms with Crippen LogP contribution in [0.3, 0.4) is 0 Å². The maximum Gasteiger partial charge on any atom is 0.259 e. The average molecular weight is 600 g/mol. The van der Waals surface area contributed by atoms with E-state index in [1.54, 1.807) is 6.20 Å². The molecule has 0 radical (unpaired) electrons. The number of hydrogen-bond donors (Lipinski definition) is 3. The molecule has 1 saturated heterocycles. The molecular formula is C33H37N5O6. The summed E-state index contributed by atoms with van der Waals surface area (Å²) in [6.45, 7) is 4.89. The molecule has 230 valence electrons. The maximum absolute atomic E-state index is 13.4. The van der Waals surface area contributed by atoms with E-state index >= 15 is 0 Å². The Labute approximate surface area is 254 Å². The third kappa shape index (κ3) is 5.20. The van der Waals surface area contributed by atoms with E-state index < -0.39 is 6.10 Å². The number of carbonyl (C=O) groups is 1. The summed E-state index contributed by atoms with van der Waals surface area (Å²) in [4.78, 5) is 41.5. The molecule has 2 aromatic heterocycles. The van der Waals surface area contributed by atoms with Gasteiger partial charge in [0.1, 0.15) is 18.2 Å². The molecule has 1 fully saturated rings. The second kappa shape index (κ2) is 11.6. The SMILES string of the molecule is CCc1c(OC[C@H](O)CCc2cc[nH]c(=O)c2-c2nc3cc4c(cc3[nH]2)CN(C2CCN(C)CC2)C4=O)ccc2c1OCO2. The molecule has 0 unspecified atom stereocenters. The van der Waals surface area contributed by atoms with Crippen molar-refractivity contribution >= 4 is 16.9 Å². The molecule has 3 aliphatic rings. The van der Waals surface area contributed by atoms with Crippen LogP contribution in [0.25, 0.3) is 22.4 Å². The van der Waals surface area contributed by atoms with Crippen LogP contribution in [0.4, 0.5) is 0 Å². The highest BCUT2D eigenvalue weighted by Gasteiger charge is 2.34. The fourth-order valence-electron chi connectivity index (χ4n) is 6.62. The molecule has 11 heteroatoms. The number of aromatic nitrogens is 3. The van der Waals surface area contributed by atoms with E-state index in [1.165, 1.54) is 0 Å². The molecule has 0 spiro atoms. The highest BCUT2D eigenvalue weighted by Crippen LogP contribution is 2.41. The minimum atomic E-state index is -0.755. The van der Waals surface area contributed by atoms with Crippen LogP contribution in [0, 0.1) is 0 Å². The van der Waals surface area contributed by atoms with Crippen LogP contribution in [0.1, 0.15) is 53.2 Å². The van der Waals surface area contributed by atoms with E-state index in [0.29, 0.717) is 65.5 Å². The number of aliphatic hydroxyl groups is 1. The van der Waals surface area contributed by atoms with Crippen molar-refractivity contribution in [1.82, 2.24) is 24.8 Å². The Bertz CT molecular complexity index is 1770. The number of piperidine rings is 1. The van der Waals surface area contributed by atoms with Crippen LogP contribution < -0.4 is 19.8 Å². The first-order chi connectivity index (χ1) is 21.4. The number of benzene rings is 2. The number of ether oxygens (including phenoxy) is 3. The van der Waals surface area contributed by atoms with Gasteiger partial charge >= 0.3 is 0 Å². The first-order valence-electron chi connectivity index (χ1n) is 15.3. The molecule has 44 heavy (non-hydrogen) atoms. The highest BCUT2D eigenvalue weighted by atomic mass is 16.7. The predicted molar refractivity (Wildman–Crippen MR) is 164 cm³/mol. The van der Waals surface area contributed by atoms with Gasteiger partial charge in [0.25, 0.3) is 11.5 Å². The molecule has 1 atom stereocenters. The number of fused-ring (bicyclic) bond motifs is 3. The van der Waals surface area contributed by atoms with E-state index in [4.69, 9.17) is 19.2 Å². The maximum atomic E-state index is 13.4. The van der Waals surface area contributed by atoms with Crippen LogP contribution in [0.5, 0.6) is 17.2 Å². The molecule has 0 saturated carbocycles. The lowest BCUT2D eigenvalue weighted by molar-refractivity contribution is 0.0617. The lowest BCUT2D eigenvalue weighted by Crippen LogP contribution is -2.43. The van der Waals surface area contributed by atoms with E-state index in [-0.39, 0.29) is 30.9 Å². The van der Waals surface area contributed by atoms with Crippen LogP contribution in [0.15, 0.2) is 41.3 Å². The van der Waals surface area contributed by atoms with E-state index in [2.05, 4.69) is 21.9 Å². The molecule has 3 aliphatic heterocycles. The zero-order chi connectivity index (χ0) is 30.4. The number of imidazole rings is 1. The van der Waals surface area contributed by atoms with Crippen molar-refractivity contribution in [3.63, 3.8) is 0 Å². The predicted octanol–water partition coefficient (Wildman–Crippen LogP) is 3.63. The van der Waals surface area contributed by atoms with Crippen molar-refractivity contribution in [2.24, 2.45) is 0 Å². The number of H-pyrrole nitrogens is 2. The van der Waals surface area contributed by atoms with Crippen LogP contribution in [-0.2, 0) is 19.4 Å². The molecular weight excluding hydrogens is 562 g/mol. The van der Waals surface area contributed by atoms with Crippen molar-refractivity contribution in [1.29, 1.82) is 0 Å². The highest BCUT2D eigenvalue weighted by molar-refractivity contribution is 6.02. The summed E-state index contributed by atoms with van der Waals surface area (Å²) in [5.41, 5.74) is 4.95. The number of likely N-dealkylation sites (tertiary alicyclic amines) is 1. The fraction of sp³-hybridized carbons (Fsp3) is 0.424. The molecule has 2 aromatic carbocycles. The third-order valence-electron chi connectivity index (χ3n) is 9.08. The van der Waals surface area contributed by atoms with Gasteiger partial charge in [-0.25, -0.2) is 4.98 Å². The summed E-state index contributed by atoms with van der Waals surface area (Å²) >= 11 is 0. The molecule has 3 N–H and O–H groups in total. The zero-order valence-corrected chi connectivity index (χ0v) is 25.0. The molecule has 7 rings (SSSR count). The van der Waals surface area contributed by atoms with Gasteiger partial charge in [-0.3, -0.25) is 9.59 Å². The molecule has 5 heterocycles. The van der Waals surface area contributed by atoms with E-state index in [9.17, 15) is 14.7 Å². The van der Waals surface area contributed by atoms with Gasteiger partial charge in [0.2, 0.25) is 6.79 Å². The van der Waals surface area contributed by atoms with E-state index in [0.717, 1.165) is 48.1 Å². The number of pyridine rings is 1. The van der Waals surface area contributed by atoms with Gasteiger partial charge in [-0.1, -0.05) is 6.92 Å². The number of nitrogens with zero attached hydrogens (tertiary/aromatic N) is 3. The number of aliphatic hydroxyl groups excluding tert-OH is 1. The third-order valence-corrected chi connectivity index (χ3v) is 9.08. The Morgan fingerprint density at radius 2 is 2.00 bits per heavy atom. The number of nitrogens with one attached hydrogen (secondary N) is 2. The van der Waals surface area contributed by atoms with Crippen molar-refractivity contribution < 1.29 is 24.1 Å². The summed E-state index contributed by atoms with van der Waals surface area (Å²) in [7, 11) is 2.12. The smallest absolute Gasteiger partial charge is 0.259 e. The number of aromatic amines is 2. The first kappa shape index (κ1) is 28.4. The quantitative estimate of drug-likeness (QED) is 0.266. The van der Waals surface area contributed by atoms with Gasteiger partial charge in [-0.2, -0.15) is 0 Å². The molecule has 1 amide bonds. The van der Waals surface area contributed by atoms with Crippen molar-refractivity contribution in [2.75, 3.05) is 33.5 Å². The number of hydrogen-bond acceptors (Lipinski definition) is 8.